The molecule has 0 aliphatic rings. The minimum atomic E-state index is -1.11. The molecule has 4 heteroatoms. The highest BCUT2D eigenvalue weighted by Gasteiger charge is 2.27. The van der Waals surface area contributed by atoms with Crippen molar-refractivity contribution in [3.05, 3.63) is 56.5 Å². The lowest BCUT2D eigenvalue weighted by Gasteiger charge is -2.22. The van der Waals surface area contributed by atoms with Crippen LogP contribution < -0.4 is 0 Å². The molecule has 0 aliphatic heterocycles. The normalized spacial score (nSPS) is 14.5. The summed E-state index contributed by atoms with van der Waals surface area (Å²) in [4.78, 5) is 1.93. The minimum absolute atomic E-state index is 0.165. The third-order valence-corrected chi connectivity index (χ3v) is 4.46. The van der Waals surface area contributed by atoms with Crippen LogP contribution in [0.2, 0.25) is 5.02 Å². The van der Waals surface area contributed by atoms with Crippen molar-refractivity contribution in [2.24, 2.45) is 0 Å². The lowest BCUT2D eigenvalue weighted by Crippen LogP contribution is -2.23. The number of aryl methyl sites for hydroxylation is 1. The Morgan fingerprint density at radius 2 is 2.06 bits per heavy atom. The van der Waals surface area contributed by atoms with E-state index in [9.17, 15) is 9.50 Å². The van der Waals surface area contributed by atoms with Crippen molar-refractivity contribution in [1.82, 2.24) is 0 Å². The van der Waals surface area contributed by atoms with Crippen LogP contribution in [0.15, 0.2) is 30.3 Å². The molecule has 0 saturated heterocycles. The maximum atomic E-state index is 13.7. The van der Waals surface area contributed by atoms with Crippen LogP contribution in [0, 0.1) is 12.7 Å². The van der Waals surface area contributed by atoms with Crippen LogP contribution in [0.3, 0.4) is 0 Å². The summed E-state index contributed by atoms with van der Waals surface area (Å²) in [5, 5.41) is 10.8. The number of thiophene rings is 1. The van der Waals surface area contributed by atoms with Crippen LogP contribution in [-0.4, -0.2) is 5.11 Å². The predicted octanol–water partition coefficient (Wildman–Crippen LogP) is 4.30. The van der Waals surface area contributed by atoms with E-state index in [0.29, 0.717) is 10.6 Å². The molecule has 2 aromatic rings. The molecule has 0 bridgehead atoms. The summed E-state index contributed by atoms with van der Waals surface area (Å²) in [5.74, 6) is -0.379. The first-order chi connectivity index (χ1) is 8.40. The van der Waals surface area contributed by atoms with Gasteiger partial charge in [-0.2, -0.15) is 0 Å². The van der Waals surface area contributed by atoms with Gasteiger partial charge < -0.3 is 5.11 Å². The molecule has 1 nitrogen and oxygen atoms in total. The molecular weight excluding hydrogens is 271 g/mol. The maximum absolute atomic E-state index is 13.7. The van der Waals surface area contributed by atoms with Gasteiger partial charge >= 0.3 is 0 Å². The van der Waals surface area contributed by atoms with E-state index < -0.39 is 5.60 Å². The number of hydrogen-bond donors (Lipinski definition) is 1. The standard InChI is InChI=1S/C14H14ClFOS/c1-9-6-7-13(18-9)14(2,17)8-10-11(15)4-3-5-12(10)16/h3-7,17H,8H2,1-2H3. The van der Waals surface area contributed by atoms with Gasteiger partial charge in [-0.25, -0.2) is 4.39 Å². The van der Waals surface area contributed by atoms with E-state index in [-0.39, 0.29) is 12.2 Å². The first kappa shape index (κ1) is 13.5. The van der Waals surface area contributed by atoms with E-state index in [1.54, 1.807) is 19.1 Å². The Morgan fingerprint density at radius 1 is 1.33 bits per heavy atom. The predicted molar refractivity (Wildman–Crippen MR) is 73.7 cm³/mol. The monoisotopic (exact) mass is 284 g/mol. The highest BCUT2D eigenvalue weighted by Crippen LogP contribution is 2.33. The van der Waals surface area contributed by atoms with Crippen molar-refractivity contribution >= 4 is 22.9 Å². The van der Waals surface area contributed by atoms with Crippen molar-refractivity contribution in [3.63, 3.8) is 0 Å². The molecule has 0 fully saturated rings. The third-order valence-electron chi connectivity index (χ3n) is 2.85. The van der Waals surface area contributed by atoms with Crippen LogP contribution in [-0.2, 0) is 12.0 Å². The average Bonchev–Trinajstić information content (AvgIpc) is 2.71. The van der Waals surface area contributed by atoms with E-state index in [4.69, 9.17) is 11.6 Å². The lowest BCUT2D eigenvalue weighted by molar-refractivity contribution is 0.0606. The van der Waals surface area contributed by atoms with Gasteiger partial charge in [0.1, 0.15) is 11.4 Å². The zero-order chi connectivity index (χ0) is 13.3. The molecule has 18 heavy (non-hydrogen) atoms. The summed E-state index contributed by atoms with van der Waals surface area (Å²) in [6.45, 7) is 3.65. The topological polar surface area (TPSA) is 20.2 Å². The number of halogens is 2. The zero-order valence-electron chi connectivity index (χ0n) is 10.2. The Kier molecular flexibility index (Phi) is 3.76. The summed E-state index contributed by atoms with van der Waals surface area (Å²) in [6, 6.07) is 8.37. The van der Waals surface area contributed by atoms with Crippen molar-refractivity contribution in [3.8, 4) is 0 Å². The van der Waals surface area contributed by atoms with Gasteiger partial charge in [0, 0.05) is 26.8 Å². The van der Waals surface area contributed by atoms with Crippen molar-refractivity contribution < 1.29 is 9.50 Å². The van der Waals surface area contributed by atoms with Crippen molar-refractivity contribution in [2.45, 2.75) is 25.9 Å². The summed E-state index contributed by atoms with van der Waals surface area (Å²) in [7, 11) is 0. The fourth-order valence-electron chi connectivity index (χ4n) is 1.86. The van der Waals surface area contributed by atoms with Gasteiger partial charge in [-0.3, -0.25) is 0 Å². The molecule has 1 atom stereocenters. The number of hydrogen-bond acceptors (Lipinski definition) is 2. The second-order valence-electron chi connectivity index (χ2n) is 4.56. The van der Waals surface area contributed by atoms with Crippen LogP contribution in [0.25, 0.3) is 0 Å². The second kappa shape index (κ2) is 5.00. The molecule has 1 aromatic carbocycles. The average molecular weight is 285 g/mol. The first-order valence-corrected chi connectivity index (χ1v) is 6.82. The molecule has 96 valence electrons. The van der Waals surface area contributed by atoms with Gasteiger partial charge in [0.05, 0.1) is 0 Å². The van der Waals surface area contributed by atoms with E-state index in [2.05, 4.69) is 0 Å². The summed E-state index contributed by atoms with van der Waals surface area (Å²) in [5.41, 5.74) is -0.750. The second-order valence-corrected chi connectivity index (χ2v) is 6.26. The third kappa shape index (κ3) is 2.74. The SMILES string of the molecule is Cc1ccc(C(C)(O)Cc2c(F)cccc2Cl)s1. The molecule has 1 N–H and O–H groups in total. The summed E-state index contributed by atoms with van der Waals surface area (Å²) >= 11 is 7.49. The molecule has 2 rings (SSSR count). The molecule has 0 spiro atoms. The Morgan fingerprint density at radius 3 is 2.61 bits per heavy atom. The Labute approximate surface area is 115 Å². The molecule has 0 radical (unpaired) electrons. The van der Waals surface area contributed by atoms with Crippen molar-refractivity contribution in [1.29, 1.82) is 0 Å². The number of benzene rings is 1. The van der Waals surface area contributed by atoms with Gasteiger partial charge in [0.15, 0.2) is 0 Å². The van der Waals surface area contributed by atoms with Gasteiger partial charge in [0.2, 0.25) is 0 Å². The Hall–Kier alpha value is -0.900. The number of aliphatic hydroxyl groups is 1. The Balaban J connectivity index is 2.33. The fourth-order valence-corrected chi connectivity index (χ4v) is 3.00. The van der Waals surface area contributed by atoms with Gasteiger partial charge in [-0.05, 0) is 38.1 Å². The lowest BCUT2D eigenvalue weighted by atomic mass is 9.94. The van der Waals surface area contributed by atoms with E-state index >= 15 is 0 Å². The smallest absolute Gasteiger partial charge is 0.128 e. The molecule has 1 heterocycles. The minimum Gasteiger partial charge on any atom is -0.384 e. The van der Waals surface area contributed by atoms with Crippen LogP contribution in [0.1, 0.15) is 22.2 Å². The summed E-state index contributed by atoms with van der Waals surface area (Å²) < 4.78 is 13.7. The molecule has 0 aliphatic carbocycles. The largest absolute Gasteiger partial charge is 0.384 e. The molecule has 0 amide bonds. The van der Waals surface area contributed by atoms with E-state index in [0.717, 1.165) is 9.75 Å². The quantitative estimate of drug-likeness (QED) is 0.891. The first-order valence-electron chi connectivity index (χ1n) is 5.62. The summed E-state index contributed by atoms with van der Waals surface area (Å²) in [6.07, 6.45) is 0.165. The highest BCUT2D eigenvalue weighted by molar-refractivity contribution is 7.12. The highest BCUT2D eigenvalue weighted by atomic mass is 35.5. The molecule has 1 aromatic heterocycles. The van der Waals surface area contributed by atoms with Crippen LogP contribution in [0.4, 0.5) is 4.39 Å². The molecular formula is C14H14ClFOS. The van der Waals surface area contributed by atoms with Crippen LogP contribution >= 0.6 is 22.9 Å². The van der Waals surface area contributed by atoms with Gasteiger partial charge in [0.25, 0.3) is 0 Å². The van der Waals surface area contributed by atoms with Gasteiger partial charge in [-0.15, -0.1) is 11.3 Å². The van der Waals surface area contributed by atoms with Crippen molar-refractivity contribution in [2.75, 3.05) is 0 Å². The number of rotatable bonds is 3. The van der Waals surface area contributed by atoms with Crippen LogP contribution in [0.5, 0.6) is 0 Å². The van der Waals surface area contributed by atoms with E-state index in [1.165, 1.54) is 17.4 Å². The Bertz CT molecular complexity index is 542. The molecule has 0 saturated carbocycles. The maximum Gasteiger partial charge on any atom is 0.128 e. The zero-order valence-corrected chi connectivity index (χ0v) is 11.8. The molecule has 1 unspecified atom stereocenters. The van der Waals surface area contributed by atoms with E-state index in [1.807, 2.05) is 19.1 Å². The van der Waals surface area contributed by atoms with Gasteiger partial charge in [-0.1, -0.05) is 17.7 Å². The fraction of sp³-hybridized carbons (Fsp3) is 0.286.